The summed E-state index contributed by atoms with van der Waals surface area (Å²) in [4.78, 5) is 0. The monoisotopic (exact) mass is 388 g/mol. The van der Waals surface area contributed by atoms with Crippen LogP contribution in [0.2, 0.25) is 0 Å². The summed E-state index contributed by atoms with van der Waals surface area (Å²) in [6, 6.07) is 0. The lowest BCUT2D eigenvalue weighted by atomic mass is 9.40. The highest BCUT2D eigenvalue weighted by Crippen LogP contribution is 2.70. The van der Waals surface area contributed by atoms with Crippen LogP contribution in [0.3, 0.4) is 0 Å². The first-order valence-corrected chi connectivity index (χ1v) is 12.1. The van der Waals surface area contributed by atoms with E-state index in [0.717, 1.165) is 36.5 Å². The maximum absolute atomic E-state index is 5.92. The molecule has 0 heterocycles. The van der Waals surface area contributed by atoms with Crippen molar-refractivity contribution in [3.05, 3.63) is 0 Å². The highest BCUT2D eigenvalue weighted by atomic mass is 15.5. The molecule has 0 aromatic heterocycles. The predicted molar refractivity (Wildman–Crippen MR) is 117 cm³/mol. The van der Waals surface area contributed by atoms with E-state index in [9.17, 15) is 0 Å². The van der Waals surface area contributed by atoms with Crippen molar-refractivity contribution in [1.82, 2.24) is 5.53 Å². The van der Waals surface area contributed by atoms with Crippen LogP contribution in [0.25, 0.3) is 0 Å². The van der Waals surface area contributed by atoms with Crippen molar-refractivity contribution in [2.24, 2.45) is 56.6 Å². The Morgan fingerprint density at radius 1 is 0.964 bits per heavy atom. The average Bonchev–Trinajstić information content (AvgIpc) is 2.99. The summed E-state index contributed by atoms with van der Waals surface area (Å²) in [5.74, 6) is 9.71. The van der Waals surface area contributed by atoms with Crippen LogP contribution in [0.15, 0.2) is 5.10 Å². The maximum Gasteiger partial charge on any atom is 0.121 e. The second-order valence-corrected chi connectivity index (χ2v) is 11.5. The maximum atomic E-state index is 5.92. The highest BCUT2D eigenvalue weighted by molar-refractivity contribution is 5.79. The molecule has 7 atom stereocenters. The quantitative estimate of drug-likeness (QED) is 0.258. The molecule has 4 fully saturated rings. The molecule has 0 saturated heterocycles. The van der Waals surface area contributed by atoms with Gasteiger partial charge in [-0.1, -0.05) is 33.6 Å². The van der Waals surface area contributed by atoms with E-state index in [1.165, 1.54) is 70.6 Å². The van der Waals surface area contributed by atoms with Crippen molar-refractivity contribution in [3.63, 3.8) is 0 Å². The van der Waals surface area contributed by atoms with Crippen LogP contribution in [0.5, 0.6) is 0 Å². The fraction of sp³-hybridized carbons (Fsp3) is 0.958. The Morgan fingerprint density at radius 2 is 1.75 bits per heavy atom. The van der Waals surface area contributed by atoms with Crippen LogP contribution in [0.1, 0.15) is 104 Å². The Labute approximate surface area is 172 Å². The van der Waals surface area contributed by atoms with Gasteiger partial charge in [0.25, 0.3) is 0 Å². The van der Waals surface area contributed by atoms with Crippen LogP contribution in [0.4, 0.5) is 0 Å². The molecule has 4 nitrogen and oxygen atoms in total. The van der Waals surface area contributed by atoms with Crippen LogP contribution in [-0.2, 0) is 0 Å². The fourth-order valence-electron chi connectivity index (χ4n) is 8.86. The van der Waals surface area contributed by atoms with Gasteiger partial charge >= 0.3 is 0 Å². The normalized spacial score (nSPS) is 48.5. The Hall–Kier alpha value is -0.770. The molecule has 4 saturated carbocycles. The zero-order chi connectivity index (χ0) is 20.0. The summed E-state index contributed by atoms with van der Waals surface area (Å²) >= 11 is 0. The van der Waals surface area contributed by atoms with Crippen molar-refractivity contribution in [1.29, 1.82) is 0 Å². The molecule has 0 spiro atoms. The molecule has 0 bridgehead atoms. The molecule has 3 unspecified atom stereocenters. The third kappa shape index (κ3) is 3.09. The predicted octanol–water partition coefficient (Wildman–Crippen LogP) is 5.33. The van der Waals surface area contributed by atoms with Gasteiger partial charge < -0.3 is 5.73 Å². The number of nitrogens with one attached hydrogen (secondary N) is 1. The molecule has 0 aromatic carbocycles. The van der Waals surface area contributed by atoms with Gasteiger partial charge in [0, 0.05) is 6.42 Å². The third-order valence-corrected chi connectivity index (χ3v) is 10.7. The molecule has 4 heteroatoms. The van der Waals surface area contributed by atoms with Crippen LogP contribution in [-0.4, -0.2) is 5.84 Å². The number of hydrazone groups is 1. The van der Waals surface area contributed by atoms with Crippen molar-refractivity contribution < 1.29 is 0 Å². The number of hydrogen-bond acceptors (Lipinski definition) is 3. The number of nitrogens with zero attached hydrogens (tertiary/aromatic N) is 1. The lowest BCUT2D eigenvalue weighted by Gasteiger charge is -2.64. The van der Waals surface area contributed by atoms with E-state index in [4.69, 9.17) is 11.6 Å². The van der Waals surface area contributed by atoms with Gasteiger partial charge in [0.2, 0.25) is 0 Å². The first kappa shape index (κ1) is 20.5. The molecular formula is C24H44N4. The van der Waals surface area contributed by atoms with Gasteiger partial charge in [0.05, 0.1) is 0 Å². The molecule has 5 N–H and O–H groups in total. The summed E-state index contributed by atoms with van der Waals surface area (Å²) in [6.07, 6.45) is 18.1. The zero-order valence-corrected chi connectivity index (χ0v) is 18.6. The van der Waals surface area contributed by atoms with Gasteiger partial charge in [-0.3, -0.25) is 0 Å². The molecule has 0 aromatic rings. The standard InChI is InChI=1S/C24H44N4/c1-22-13-4-5-14-24(22,3)20-12-16-23(2)17(7-6-8-21(25)27-28-26)9-10-19(23)18(20)11-15-22/h17-20,28H,4-16,26H2,1-3H3,(H2,25,27)/t17?,18-,19?,20?,22-,23+,24+/m0/s1. The summed E-state index contributed by atoms with van der Waals surface area (Å²) in [5, 5.41) is 3.92. The SMILES string of the molecule is C[C@]12CCC3[C@@H](CC[C@]4(C)CCCC[C@]34C)C1CCC2CCC/C(N)=N/NN. The number of rotatable bonds is 5. The Morgan fingerprint density at radius 3 is 2.54 bits per heavy atom. The molecule has 0 aliphatic heterocycles. The third-order valence-electron chi connectivity index (χ3n) is 10.7. The molecule has 4 rings (SSSR count). The number of hydrogen-bond donors (Lipinski definition) is 3. The van der Waals surface area contributed by atoms with Gasteiger partial charge in [0.1, 0.15) is 5.84 Å². The lowest BCUT2D eigenvalue weighted by molar-refractivity contribution is -0.152. The number of nitrogens with two attached hydrogens (primary N) is 2. The fourth-order valence-corrected chi connectivity index (χ4v) is 8.86. The molecular weight excluding hydrogens is 344 g/mol. The molecule has 0 amide bonds. The summed E-state index contributed by atoms with van der Waals surface area (Å²) in [6.45, 7) is 8.00. The zero-order valence-electron chi connectivity index (χ0n) is 18.6. The largest absolute Gasteiger partial charge is 0.386 e. The molecule has 160 valence electrons. The molecule has 4 aliphatic rings. The lowest BCUT2D eigenvalue weighted by Crippen LogP contribution is -2.56. The smallest absolute Gasteiger partial charge is 0.121 e. The van der Waals surface area contributed by atoms with E-state index >= 15 is 0 Å². The van der Waals surface area contributed by atoms with Crippen molar-refractivity contribution in [2.75, 3.05) is 0 Å². The first-order valence-electron chi connectivity index (χ1n) is 12.1. The van der Waals surface area contributed by atoms with Gasteiger partial charge in [0.15, 0.2) is 0 Å². The molecule has 0 radical (unpaired) electrons. The second kappa shape index (κ2) is 7.49. The Bertz CT molecular complexity index is 603. The number of fused-ring (bicyclic) bond motifs is 5. The molecule has 4 aliphatic carbocycles. The van der Waals surface area contributed by atoms with Crippen LogP contribution < -0.4 is 17.1 Å². The van der Waals surface area contributed by atoms with E-state index < -0.39 is 0 Å². The first-order chi connectivity index (χ1) is 13.3. The van der Waals surface area contributed by atoms with Crippen molar-refractivity contribution in [3.8, 4) is 0 Å². The Balaban J connectivity index is 1.45. The van der Waals surface area contributed by atoms with E-state index in [1.54, 1.807) is 0 Å². The van der Waals surface area contributed by atoms with Gasteiger partial charge in [-0.2, -0.15) is 5.10 Å². The average molecular weight is 389 g/mol. The van der Waals surface area contributed by atoms with Gasteiger partial charge in [-0.15, -0.1) is 0 Å². The molecule has 28 heavy (non-hydrogen) atoms. The summed E-state index contributed by atoms with van der Waals surface area (Å²) in [7, 11) is 0. The van der Waals surface area contributed by atoms with Gasteiger partial charge in [-0.25, -0.2) is 11.4 Å². The minimum Gasteiger partial charge on any atom is -0.386 e. The minimum atomic E-state index is 0.567. The summed E-state index contributed by atoms with van der Waals surface area (Å²) < 4.78 is 0. The summed E-state index contributed by atoms with van der Waals surface area (Å²) in [5.41, 5.74) is 10.0. The number of hydrazine groups is 1. The van der Waals surface area contributed by atoms with E-state index in [2.05, 4.69) is 31.4 Å². The second-order valence-electron chi connectivity index (χ2n) is 11.5. The van der Waals surface area contributed by atoms with Crippen molar-refractivity contribution >= 4 is 5.84 Å². The highest BCUT2D eigenvalue weighted by Gasteiger charge is 2.62. The van der Waals surface area contributed by atoms with E-state index in [-0.39, 0.29) is 0 Å². The Kier molecular flexibility index (Phi) is 5.48. The number of amidine groups is 1. The van der Waals surface area contributed by atoms with E-state index in [1.807, 2.05) is 0 Å². The van der Waals surface area contributed by atoms with Crippen LogP contribution >= 0.6 is 0 Å². The minimum absolute atomic E-state index is 0.567. The van der Waals surface area contributed by atoms with Crippen molar-refractivity contribution in [2.45, 2.75) is 104 Å². The van der Waals surface area contributed by atoms with Crippen LogP contribution in [0, 0.1) is 39.9 Å². The van der Waals surface area contributed by atoms with E-state index in [0.29, 0.717) is 22.1 Å². The van der Waals surface area contributed by atoms with Gasteiger partial charge in [-0.05, 0) is 104 Å². The topological polar surface area (TPSA) is 76.4 Å².